The van der Waals surface area contributed by atoms with Crippen LogP contribution in [-0.2, 0) is 13.6 Å². The van der Waals surface area contributed by atoms with Gasteiger partial charge in [-0.1, -0.05) is 0 Å². The SMILES string of the molecule is CN(Cc1ccoc1)C(CN)c1cncn1C. The molecule has 0 aliphatic heterocycles. The summed E-state index contributed by atoms with van der Waals surface area (Å²) in [6.07, 6.45) is 7.10. The van der Waals surface area contributed by atoms with Gasteiger partial charge in [0.1, 0.15) is 0 Å². The summed E-state index contributed by atoms with van der Waals surface area (Å²) in [6, 6.07) is 2.13. The Kier molecular flexibility index (Phi) is 3.61. The molecule has 92 valence electrons. The van der Waals surface area contributed by atoms with Crippen molar-refractivity contribution in [3.63, 3.8) is 0 Å². The molecule has 0 fully saturated rings. The van der Waals surface area contributed by atoms with E-state index in [1.54, 1.807) is 18.9 Å². The number of furan rings is 1. The molecule has 5 nitrogen and oxygen atoms in total. The fraction of sp³-hybridized carbons (Fsp3) is 0.417. The number of likely N-dealkylation sites (N-methyl/N-ethyl adjacent to an activating group) is 1. The topological polar surface area (TPSA) is 60.2 Å². The molecule has 2 aromatic rings. The molecule has 0 spiro atoms. The Labute approximate surface area is 101 Å². The summed E-state index contributed by atoms with van der Waals surface area (Å²) in [6.45, 7) is 1.37. The van der Waals surface area contributed by atoms with E-state index in [1.807, 2.05) is 23.9 Å². The molecule has 0 saturated carbocycles. The normalized spacial score (nSPS) is 13.2. The first-order valence-electron chi connectivity index (χ1n) is 5.60. The highest BCUT2D eigenvalue weighted by Gasteiger charge is 2.18. The Bertz CT molecular complexity index is 449. The minimum Gasteiger partial charge on any atom is -0.472 e. The van der Waals surface area contributed by atoms with E-state index in [2.05, 4.69) is 16.9 Å². The van der Waals surface area contributed by atoms with Gasteiger partial charge in [-0.3, -0.25) is 4.90 Å². The van der Waals surface area contributed by atoms with E-state index in [9.17, 15) is 0 Å². The Morgan fingerprint density at radius 3 is 2.94 bits per heavy atom. The van der Waals surface area contributed by atoms with Gasteiger partial charge in [0.15, 0.2) is 0 Å². The van der Waals surface area contributed by atoms with Crippen LogP contribution in [0.15, 0.2) is 35.5 Å². The highest BCUT2D eigenvalue weighted by atomic mass is 16.3. The number of hydrogen-bond acceptors (Lipinski definition) is 4. The molecule has 0 aliphatic rings. The molecule has 0 aromatic carbocycles. The number of hydrogen-bond donors (Lipinski definition) is 1. The molecule has 0 amide bonds. The molecule has 2 rings (SSSR count). The Hall–Kier alpha value is -1.59. The van der Waals surface area contributed by atoms with Crippen LogP contribution in [0.5, 0.6) is 0 Å². The zero-order valence-electron chi connectivity index (χ0n) is 10.2. The minimum atomic E-state index is 0.164. The van der Waals surface area contributed by atoms with Crippen molar-refractivity contribution in [2.45, 2.75) is 12.6 Å². The molecule has 0 aliphatic carbocycles. The molecule has 1 atom stereocenters. The second-order valence-corrected chi connectivity index (χ2v) is 4.23. The van der Waals surface area contributed by atoms with Gasteiger partial charge < -0.3 is 14.7 Å². The smallest absolute Gasteiger partial charge is 0.0947 e. The standard InChI is InChI=1S/C12H18N4O/c1-15(7-10-3-4-17-8-10)11(5-13)12-6-14-9-16(12)2/h3-4,6,8-9,11H,5,7,13H2,1-2H3. The zero-order valence-corrected chi connectivity index (χ0v) is 10.2. The third-order valence-corrected chi connectivity index (χ3v) is 2.96. The first-order valence-corrected chi connectivity index (χ1v) is 5.60. The fourth-order valence-corrected chi connectivity index (χ4v) is 2.00. The van der Waals surface area contributed by atoms with Crippen LogP contribution < -0.4 is 5.73 Å². The number of nitrogens with two attached hydrogens (primary N) is 1. The number of imidazole rings is 1. The number of aryl methyl sites for hydroxylation is 1. The number of nitrogens with zero attached hydrogens (tertiary/aromatic N) is 3. The van der Waals surface area contributed by atoms with E-state index in [0.717, 1.165) is 17.8 Å². The average Bonchev–Trinajstić information content (AvgIpc) is 2.92. The predicted octanol–water partition coefficient (Wildman–Crippen LogP) is 1.14. The summed E-state index contributed by atoms with van der Waals surface area (Å²) < 4.78 is 7.07. The lowest BCUT2D eigenvalue weighted by atomic mass is 10.1. The second kappa shape index (κ2) is 5.16. The van der Waals surface area contributed by atoms with Gasteiger partial charge >= 0.3 is 0 Å². The molecule has 1 unspecified atom stereocenters. The van der Waals surface area contributed by atoms with E-state index >= 15 is 0 Å². The van der Waals surface area contributed by atoms with Crippen LogP contribution in [0.4, 0.5) is 0 Å². The van der Waals surface area contributed by atoms with Gasteiger partial charge in [0, 0.05) is 31.9 Å². The van der Waals surface area contributed by atoms with E-state index < -0.39 is 0 Å². The van der Waals surface area contributed by atoms with Crippen molar-refractivity contribution in [1.29, 1.82) is 0 Å². The molecular weight excluding hydrogens is 216 g/mol. The van der Waals surface area contributed by atoms with E-state index in [0.29, 0.717) is 6.54 Å². The zero-order chi connectivity index (χ0) is 12.3. The highest BCUT2D eigenvalue weighted by molar-refractivity contribution is 5.09. The quantitative estimate of drug-likeness (QED) is 0.843. The third kappa shape index (κ3) is 2.57. The maximum atomic E-state index is 5.86. The predicted molar refractivity (Wildman–Crippen MR) is 65.2 cm³/mol. The first kappa shape index (κ1) is 11.9. The molecule has 2 heterocycles. The van der Waals surface area contributed by atoms with E-state index in [-0.39, 0.29) is 6.04 Å². The van der Waals surface area contributed by atoms with Crippen LogP contribution in [0.3, 0.4) is 0 Å². The number of aromatic nitrogens is 2. The van der Waals surface area contributed by atoms with Crippen LogP contribution in [0, 0.1) is 0 Å². The van der Waals surface area contributed by atoms with Gasteiger partial charge in [-0.05, 0) is 13.1 Å². The summed E-state index contributed by atoms with van der Waals surface area (Å²) >= 11 is 0. The molecular formula is C12H18N4O. The van der Waals surface area contributed by atoms with Gasteiger partial charge in [0.05, 0.1) is 30.6 Å². The molecule has 0 radical (unpaired) electrons. The van der Waals surface area contributed by atoms with Crippen LogP contribution in [0.25, 0.3) is 0 Å². The second-order valence-electron chi connectivity index (χ2n) is 4.23. The number of rotatable bonds is 5. The van der Waals surface area contributed by atoms with Gasteiger partial charge in [-0.25, -0.2) is 4.98 Å². The van der Waals surface area contributed by atoms with Gasteiger partial charge in [0.2, 0.25) is 0 Å². The van der Waals surface area contributed by atoms with Crippen LogP contribution in [0.2, 0.25) is 0 Å². The maximum Gasteiger partial charge on any atom is 0.0947 e. The Balaban J connectivity index is 2.11. The van der Waals surface area contributed by atoms with Gasteiger partial charge in [0.25, 0.3) is 0 Å². The molecule has 0 saturated heterocycles. The summed E-state index contributed by atoms with van der Waals surface area (Å²) in [4.78, 5) is 6.33. The fourth-order valence-electron chi connectivity index (χ4n) is 2.00. The highest BCUT2D eigenvalue weighted by Crippen LogP contribution is 2.19. The molecule has 0 bridgehead atoms. The summed E-state index contributed by atoms with van der Waals surface area (Å²) in [5, 5.41) is 0. The molecule has 17 heavy (non-hydrogen) atoms. The van der Waals surface area contributed by atoms with Crippen LogP contribution in [0.1, 0.15) is 17.3 Å². The van der Waals surface area contributed by atoms with Crippen LogP contribution in [-0.4, -0.2) is 28.0 Å². The lowest BCUT2D eigenvalue weighted by Gasteiger charge is -2.26. The summed E-state index contributed by atoms with van der Waals surface area (Å²) in [5.41, 5.74) is 8.13. The van der Waals surface area contributed by atoms with Crippen molar-refractivity contribution >= 4 is 0 Å². The van der Waals surface area contributed by atoms with Crippen molar-refractivity contribution in [3.05, 3.63) is 42.4 Å². The largest absolute Gasteiger partial charge is 0.472 e. The molecule has 2 N–H and O–H groups in total. The van der Waals surface area contributed by atoms with Crippen molar-refractivity contribution in [3.8, 4) is 0 Å². The van der Waals surface area contributed by atoms with Gasteiger partial charge in [-0.15, -0.1) is 0 Å². The first-order chi connectivity index (χ1) is 8.22. The molecule has 5 heteroatoms. The van der Waals surface area contributed by atoms with Crippen molar-refractivity contribution in [2.75, 3.05) is 13.6 Å². The Morgan fingerprint density at radius 2 is 2.41 bits per heavy atom. The van der Waals surface area contributed by atoms with Crippen molar-refractivity contribution < 1.29 is 4.42 Å². The monoisotopic (exact) mass is 234 g/mol. The van der Waals surface area contributed by atoms with Crippen molar-refractivity contribution in [1.82, 2.24) is 14.5 Å². The molecule has 2 aromatic heterocycles. The summed E-state index contributed by atoms with van der Waals surface area (Å²) in [7, 11) is 4.04. The third-order valence-electron chi connectivity index (χ3n) is 2.96. The van der Waals surface area contributed by atoms with Crippen LogP contribution >= 0.6 is 0 Å². The maximum absolute atomic E-state index is 5.86. The van der Waals surface area contributed by atoms with E-state index in [1.165, 1.54) is 0 Å². The minimum absolute atomic E-state index is 0.164. The lowest BCUT2D eigenvalue weighted by Crippen LogP contribution is -2.31. The lowest BCUT2D eigenvalue weighted by molar-refractivity contribution is 0.233. The van der Waals surface area contributed by atoms with Gasteiger partial charge in [-0.2, -0.15) is 0 Å². The van der Waals surface area contributed by atoms with E-state index in [4.69, 9.17) is 10.2 Å². The Morgan fingerprint density at radius 1 is 1.59 bits per heavy atom. The average molecular weight is 234 g/mol. The van der Waals surface area contributed by atoms with Crippen molar-refractivity contribution in [2.24, 2.45) is 12.8 Å². The summed E-state index contributed by atoms with van der Waals surface area (Å²) in [5.74, 6) is 0.